The fourth-order valence-corrected chi connectivity index (χ4v) is 3.40. The first kappa shape index (κ1) is 13.6. The molecule has 21 heavy (non-hydrogen) atoms. The molecule has 0 aliphatic heterocycles. The van der Waals surface area contributed by atoms with Gasteiger partial charge in [0.25, 0.3) is 0 Å². The summed E-state index contributed by atoms with van der Waals surface area (Å²) in [5, 5.41) is 12.2. The summed E-state index contributed by atoms with van der Waals surface area (Å²) in [6, 6.07) is 11.3. The molecule has 0 amide bonds. The number of carbonyl (C=O) groups is 1. The zero-order valence-electron chi connectivity index (χ0n) is 11.7. The number of methoxy groups -OCH3 is 1. The highest BCUT2D eigenvalue weighted by molar-refractivity contribution is 7.17. The van der Waals surface area contributed by atoms with Crippen molar-refractivity contribution >= 4 is 27.4 Å². The molecule has 0 unspecified atom stereocenters. The van der Waals surface area contributed by atoms with Gasteiger partial charge in [-0.15, -0.1) is 11.3 Å². The number of hydrogen-bond acceptors (Lipinski definition) is 4. The molecule has 2 aromatic carbocycles. The van der Waals surface area contributed by atoms with Crippen molar-refractivity contribution < 1.29 is 14.6 Å². The lowest BCUT2D eigenvalue weighted by Gasteiger charge is -2.07. The number of phenolic OH excluding ortho intramolecular Hbond substituents is 1. The molecule has 0 aliphatic carbocycles. The Labute approximate surface area is 126 Å². The number of carbonyl (C=O) groups excluding carboxylic acids is 1. The standard InChI is InChI=1S/C17H14O3S/c1-10-7-12(18)4-6-13(10)11-3-5-14-15(17(19)20-2)9-21-16(14)8-11/h3-9,18H,1-2H3. The summed E-state index contributed by atoms with van der Waals surface area (Å²) in [5.74, 6) is -0.0451. The largest absolute Gasteiger partial charge is 0.508 e. The van der Waals surface area contributed by atoms with Crippen LogP contribution < -0.4 is 0 Å². The number of aromatic hydroxyl groups is 1. The van der Waals surface area contributed by atoms with Crippen molar-refractivity contribution in [3.63, 3.8) is 0 Å². The number of fused-ring (bicyclic) bond motifs is 1. The zero-order chi connectivity index (χ0) is 15.0. The van der Waals surface area contributed by atoms with E-state index in [0.29, 0.717) is 5.56 Å². The van der Waals surface area contributed by atoms with Crippen LogP contribution in [-0.2, 0) is 4.74 Å². The molecule has 0 saturated heterocycles. The minimum Gasteiger partial charge on any atom is -0.508 e. The fraction of sp³-hybridized carbons (Fsp3) is 0.118. The van der Waals surface area contributed by atoms with E-state index in [1.165, 1.54) is 18.4 Å². The molecule has 106 valence electrons. The predicted octanol–water partition coefficient (Wildman–Crippen LogP) is 4.37. The van der Waals surface area contributed by atoms with E-state index >= 15 is 0 Å². The average molecular weight is 298 g/mol. The van der Waals surface area contributed by atoms with Crippen LogP contribution in [0.5, 0.6) is 5.75 Å². The Balaban J connectivity index is 2.12. The number of rotatable bonds is 2. The Bertz CT molecular complexity index is 833. The predicted molar refractivity (Wildman–Crippen MR) is 85.0 cm³/mol. The highest BCUT2D eigenvalue weighted by atomic mass is 32.1. The molecule has 0 saturated carbocycles. The normalized spacial score (nSPS) is 10.8. The van der Waals surface area contributed by atoms with Gasteiger partial charge in [0, 0.05) is 15.5 Å². The summed E-state index contributed by atoms with van der Waals surface area (Å²) < 4.78 is 5.83. The molecule has 0 aliphatic rings. The third kappa shape index (κ3) is 2.38. The number of esters is 1. The molecule has 0 spiro atoms. The Morgan fingerprint density at radius 1 is 1.19 bits per heavy atom. The number of benzene rings is 2. The summed E-state index contributed by atoms with van der Waals surface area (Å²) in [6.07, 6.45) is 0. The van der Waals surface area contributed by atoms with Crippen LogP contribution in [-0.4, -0.2) is 18.2 Å². The van der Waals surface area contributed by atoms with E-state index in [-0.39, 0.29) is 11.7 Å². The molecular weight excluding hydrogens is 284 g/mol. The Hall–Kier alpha value is -2.33. The van der Waals surface area contributed by atoms with E-state index in [2.05, 4.69) is 6.07 Å². The van der Waals surface area contributed by atoms with E-state index in [9.17, 15) is 9.90 Å². The van der Waals surface area contributed by atoms with Gasteiger partial charge in [0.15, 0.2) is 0 Å². The third-order valence-corrected chi connectivity index (χ3v) is 4.45. The molecule has 1 N–H and O–H groups in total. The Morgan fingerprint density at radius 2 is 2.00 bits per heavy atom. The number of thiophene rings is 1. The SMILES string of the molecule is COC(=O)c1csc2cc(-c3ccc(O)cc3C)ccc12. The topological polar surface area (TPSA) is 46.5 Å². The molecule has 0 bridgehead atoms. The second kappa shape index (κ2) is 5.22. The van der Waals surface area contributed by atoms with Gasteiger partial charge >= 0.3 is 5.97 Å². The Morgan fingerprint density at radius 3 is 2.71 bits per heavy atom. The maximum absolute atomic E-state index is 11.7. The van der Waals surface area contributed by atoms with Gasteiger partial charge in [0.1, 0.15) is 5.75 Å². The van der Waals surface area contributed by atoms with E-state index in [1.54, 1.807) is 12.1 Å². The van der Waals surface area contributed by atoms with Crippen LogP contribution in [0.4, 0.5) is 0 Å². The van der Waals surface area contributed by atoms with Crippen molar-refractivity contribution in [1.82, 2.24) is 0 Å². The lowest BCUT2D eigenvalue weighted by Crippen LogP contribution is -1.99. The van der Waals surface area contributed by atoms with Gasteiger partial charge in [-0.3, -0.25) is 0 Å². The third-order valence-electron chi connectivity index (χ3n) is 3.50. The molecule has 4 heteroatoms. The molecule has 0 fully saturated rings. The van der Waals surface area contributed by atoms with Crippen LogP contribution in [0, 0.1) is 6.92 Å². The van der Waals surface area contributed by atoms with Crippen molar-refractivity contribution in [3.8, 4) is 16.9 Å². The minimum absolute atomic E-state index is 0.265. The second-order valence-electron chi connectivity index (χ2n) is 4.85. The molecule has 0 atom stereocenters. The van der Waals surface area contributed by atoms with Gasteiger partial charge in [-0.05, 0) is 41.8 Å². The molecular formula is C17H14O3S. The summed E-state index contributed by atoms with van der Waals surface area (Å²) in [7, 11) is 1.39. The van der Waals surface area contributed by atoms with Crippen LogP contribution in [0.1, 0.15) is 15.9 Å². The van der Waals surface area contributed by atoms with Crippen LogP contribution in [0.2, 0.25) is 0 Å². The van der Waals surface area contributed by atoms with Gasteiger partial charge in [-0.1, -0.05) is 18.2 Å². The lowest BCUT2D eigenvalue weighted by molar-refractivity contribution is 0.0603. The van der Waals surface area contributed by atoms with E-state index in [0.717, 1.165) is 26.8 Å². The van der Waals surface area contributed by atoms with Crippen LogP contribution in [0.3, 0.4) is 0 Å². The van der Waals surface area contributed by atoms with Crippen LogP contribution in [0.25, 0.3) is 21.2 Å². The summed E-state index contributed by atoms with van der Waals surface area (Å²) >= 11 is 1.53. The smallest absolute Gasteiger partial charge is 0.339 e. The monoisotopic (exact) mass is 298 g/mol. The first-order valence-corrected chi connectivity index (χ1v) is 7.37. The maximum Gasteiger partial charge on any atom is 0.339 e. The first-order chi connectivity index (χ1) is 10.1. The first-order valence-electron chi connectivity index (χ1n) is 6.49. The van der Waals surface area contributed by atoms with E-state index in [1.807, 2.05) is 30.5 Å². The second-order valence-corrected chi connectivity index (χ2v) is 5.76. The maximum atomic E-state index is 11.7. The number of ether oxygens (including phenoxy) is 1. The van der Waals surface area contributed by atoms with Crippen molar-refractivity contribution in [2.75, 3.05) is 7.11 Å². The number of hydrogen-bond donors (Lipinski definition) is 1. The molecule has 0 radical (unpaired) electrons. The molecule has 1 aromatic heterocycles. The van der Waals surface area contributed by atoms with Gasteiger partial charge < -0.3 is 9.84 Å². The van der Waals surface area contributed by atoms with Gasteiger partial charge in [-0.25, -0.2) is 4.79 Å². The van der Waals surface area contributed by atoms with E-state index in [4.69, 9.17) is 4.74 Å². The molecule has 3 nitrogen and oxygen atoms in total. The van der Waals surface area contributed by atoms with Crippen molar-refractivity contribution in [3.05, 3.63) is 52.9 Å². The zero-order valence-corrected chi connectivity index (χ0v) is 12.5. The highest BCUT2D eigenvalue weighted by Crippen LogP contribution is 2.33. The van der Waals surface area contributed by atoms with Crippen molar-refractivity contribution in [2.24, 2.45) is 0 Å². The summed E-state index contributed by atoms with van der Waals surface area (Å²) in [5.41, 5.74) is 3.76. The van der Waals surface area contributed by atoms with Gasteiger partial charge in [0.2, 0.25) is 0 Å². The quantitative estimate of drug-likeness (QED) is 0.715. The highest BCUT2D eigenvalue weighted by Gasteiger charge is 2.13. The lowest BCUT2D eigenvalue weighted by atomic mass is 9.99. The average Bonchev–Trinajstić information content (AvgIpc) is 2.89. The van der Waals surface area contributed by atoms with Crippen molar-refractivity contribution in [1.29, 1.82) is 0 Å². The van der Waals surface area contributed by atoms with Crippen LogP contribution >= 0.6 is 11.3 Å². The van der Waals surface area contributed by atoms with Gasteiger partial charge in [-0.2, -0.15) is 0 Å². The molecule has 1 heterocycles. The number of phenols is 1. The van der Waals surface area contributed by atoms with Crippen LogP contribution in [0.15, 0.2) is 41.8 Å². The summed E-state index contributed by atoms with van der Waals surface area (Å²) in [4.78, 5) is 11.7. The summed E-state index contributed by atoms with van der Waals surface area (Å²) in [6.45, 7) is 1.97. The van der Waals surface area contributed by atoms with Gasteiger partial charge in [0.05, 0.1) is 12.7 Å². The number of aryl methyl sites for hydroxylation is 1. The minimum atomic E-state index is -0.310. The Kier molecular flexibility index (Phi) is 3.39. The molecule has 3 aromatic rings. The van der Waals surface area contributed by atoms with E-state index < -0.39 is 0 Å². The van der Waals surface area contributed by atoms with Crippen molar-refractivity contribution in [2.45, 2.75) is 6.92 Å². The fourth-order valence-electron chi connectivity index (χ4n) is 2.44. The molecule has 3 rings (SSSR count).